The Balaban J connectivity index is 2.34. The first-order valence-electron chi connectivity index (χ1n) is 7.47. The van der Waals surface area contributed by atoms with Gasteiger partial charge in [0.15, 0.2) is 0 Å². The van der Waals surface area contributed by atoms with Gasteiger partial charge in [0.1, 0.15) is 0 Å². The third-order valence-electron chi connectivity index (χ3n) is 5.09. The maximum Gasteiger partial charge on any atom is 0.0430 e. The molecule has 0 aromatic heterocycles. The fourth-order valence-corrected chi connectivity index (χ4v) is 3.89. The van der Waals surface area contributed by atoms with Gasteiger partial charge in [0, 0.05) is 41.2 Å². The van der Waals surface area contributed by atoms with E-state index in [-0.39, 0.29) is 0 Å². The van der Waals surface area contributed by atoms with Gasteiger partial charge in [-0.3, -0.25) is 0 Å². The molecular weight excluding hydrogens is 272 g/mol. The molecule has 0 atom stereocenters. The predicted molar refractivity (Wildman–Crippen MR) is 94.0 cm³/mol. The Morgan fingerprint density at radius 3 is 1.91 bits per heavy atom. The van der Waals surface area contributed by atoms with Crippen LogP contribution in [0.4, 0.5) is 11.4 Å². The first kappa shape index (κ1) is 13.1. The minimum Gasteiger partial charge on any atom is -0.402 e. The lowest BCUT2D eigenvalue weighted by Crippen LogP contribution is -2.17. The van der Waals surface area contributed by atoms with Gasteiger partial charge in [-0.2, -0.15) is 0 Å². The van der Waals surface area contributed by atoms with Crippen molar-refractivity contribution < 1.29 is 0 Å². The summed E-state index contributed by atoms with van der Waals surface area (Å²) in [5.41, 5.74) is 35.0. The minimum atomic E-state index is 0.693. The largest absolute Gasteiger partial charge is 0.402 e. The number of rotatable bonds is 0. The summed E-state index contributed by atoms with van der Waals surface area (Å²) in [6.45, 7) is 4.10. The molecule has 0 bridgehead atoms. The zero-order chi connectivity index (χ0) is 15.8. The molecule has 0 radical (unpaired) electrons. The van der Waals surface area contributed by atoms with Gasteiger partial charge >= 0.3 is 0 Å². The van der Waals surface area contributed by atoms with E-state index in [4.69, 9.17) is 22.9 Å². The van der Waals surface area contributed by atoms with E-state index in [1.165, 1.54) is 16.3 Å². The normalized spacial score (nSPS) is 15.7. The Morgan fingerprint density at radius 1 is 0.682 bits per heavy atom. The zero-order valence-electron chi connectivity index (χ0n) is 12.9. The van der Waals surface area contributed by atoms with Crippen molar-refractivity contribution in [3.63, 3.8) is 0 Å². The highest BCUT2D eigenvalue weighted by atomic mass is 14.6. The van der Waals surface area contributed by atoms with E-state index in [0.717, 1.165) is 57.0 Å². The molecule has 4 heteroatoms. The molecule has 4 rings (SSSR count). The van der Waals surface area contributed by atoms with Crippen molar-refractivity contribution >= 4 is 34.3 Å². The fraction of sp³-hybridized carbons (Fsp3) is 0.222. The van der Waals surface area contributed by atoms with Crippen molar-refractivity contribution in [1.29, 1.82) is 0 Å². The number of anilines is 2. The molecule has 2 aromatic rings. The van der Waals surface area contributed by atoms with E-state index < -0.39 is 0 Å². The van der Waals surface area contributed by atoms with Gasteiger partial charge in [0.05, 0.1) is 0 Å². The fourth-order valence-electron chi connectivity index (χ4n) is 3.89. The molecule has 0 saturated heterocycles. The molecule has 8 N–H and O–H groups in total. The highest BCUT2D eigenvalue weighted by Crippen LogP contribution is 2.46. The monoisotopic (exact) mass is 292 g/mol. The van der Waals surface area contributed by atoms with Crippen LogP contribution >= 0.6 is 0 Å². The Kier molecular flexibility index (Phi) is 2.36. The topological polar surface area (TPSA) is 104 Å². The third-order valence-corrected chi connectivity index (χ3v) is 5.09. The molecule has 0 aliphatic heterocycles. The molecule has 0 heterocycles. The van der Waals surface area contributed by atoms with Crippen LogP contribution < -0.4 is 22.9 Å². The van der Waals surface area contributed by atoms with Gasteiger partial charge in [-0.05, 0) is 64.6 Å². The van der Waals surface area contributed by atoms with E-state index in [9.17, 15) is 0 Å². The van der Waals surface area contributed by atoms with Gasteiger partial charge in [-0.1, -0.05) is 0 Å². The maximum absolute atomic E-state index is 6.43. The summed E-state index contributed by atoms with van der Waals surface area (Å²) in [4.78, 5) is 0. The Bertz CT molecular complexity index is 856. The van der Waals surface area contributed by atoms with Gasteiger partial charge in [0.25, 0.3) is 0 Å². The van der Waals surface area contributed by atoms with Crippen molar-refractivity contribution in [2.24, 2.45) is 11.5 Å². The van der Waals surface area contributed by atoms with Crippen LogP contribution in [-0.4, -0.2) is 0 Å². The highest BCUT2D eigenvalue weighted by Gasteiger charge is 2.27. The Labute approximate surface area is 129 Å². The molecule has 112 valence electrons. The lowest BCUT2D eigenvalue weighted by Gasteiger charge is -2.28. The van der Waals surface area contributed by atoms with E-state index in [2.05, 4.69) is 6.92 Å². The average molecular weight is 292 g/mol. The first-order chi connectivity index (χ1) is 10.4. The van der Waals surface area contributed by atoms with Crippen LogP contribution in [0.3, 0.4) is 0 Å². The zero-order valence-corrected chi connectivity index (χ0v) is 12.9. The van der Waals surface area contributed by atoms with Gasteiger partial charge in [-0.25, -0.2) is 0 Å². The van der Waals surface area contributed by atoms with E-state index >= 15 is 0 Å². The predicted octanol–water partition coefficient (Wildman–Crippen LogP) is 2.33. The van der Waals surface area contributed by atoms with Crippen LogP contribution in [0.2, 0.25) is 0 Å². The number of allylic oxidation sites excluding steroid dienone is 2. The summed E-state index contributed by atoms with van der Waals surface area (Å²) in [5, 5.41) is 2.41. The summed E-state index contributed by atoms with van der Waals surface area (Å²) in [5.74, 6) is 0. The number of benzene rings is 2. The van der Waals surface area contributed by atoms with Crippen LogP contribution in [0.25, 0.3) is 22.9 Å². The average Bonchev–Trinajstić information content (AvgIpc) is 2.48. The molecule has 22 heavy (non-hydrogen) atoms. The SMILES string of the molecule is Cc1c(N)c2c3c(c(C)c(N)c4c3c1C=C(N)C4)CC(N)=C2. The number of hydrogen-bond donors (Lipinski definition) is 4. The van der Waals surface area contributed by atoms with Crippen molar-refractivity contribution in [2.75, 3.05) is 11.5 Å². The number of hydrogen-bond acceptors (Lipinski definition) is 4. The number of nitrogen functional groups attached to an aromatic ring is 2. The van der Waals surface area contributed by atoms with Crippen LogP contribution in [-0.2, 0) is 12.8 Å². The Hall–Kier alpha value is -2.62. The lowest BCUT2D eigenvalue weighted by atomic mass is 9.78. The molecule has 0 saturated carbocycles. The second kappa shape index (κ2) is 3.97. The molecule has 2 aliphatic rings. The second-order valence-electron chi connectivity index (χ2n) is 6.40. The van der Waals surface area contributed by atoms with Crippen molar-refractivity contribution in [2.45, 2.75) is 26.7 Å². The van der Waals surface area contributed by atoms with Gasteiger partial charge in [0.2, 0.25) is 0 Å². The molecule has 0 unspecified atom stereocenters. The molecule has 2 aliphatic carbocycles. The summed E-state index contributed by atoms with van der Waals surface area (Å²) >= 11 is 0. The van der Waals surface area contributed by atoms with Crippen LogP contribution in [0.1, 0.15) is 33.4 Å². The molecule has 0 fully saturated rings. The standard InChI is InChI=1S/C18H20N4/c1-7-11-3-9(19)6-14-15(11)16-12(8(2)18(14)22)4-10(20)5-13(16)17(7)21/h3,5H,4,6,19-22H2,1-2H3. The smallest absolute Gasteiger partial charge is 0.0430 e. The van der Waals surface area contributed by atoms with Crippen molar-refractivity contribution in [1.82, 2.24) is 0 Å². The molecular formula is C18H20N4. The molecule has 0 spiro atoms. The van der Waals surface area contributed by atoms with Crippen LogP contribution in [0, 0.1) is 13.8 Å². The van der Waals surface area contributed by atoms with E-state index in [1.54, 1.807) is 0 Å². The summed E-state index contributed by atoms with van der Waals surface area (Å²) in [7, 11) is 0. The third kappa shape index (κ3) is 1.42. The summed E-state index contributed by atoms with van der Waals surface area (Å²) in [6.07, 6.45) is 5.47. The molecule has 2 aromatic carbocycles. The van der Waals surface area contributed by atoms with E-state index in [0.29, 0.717) is 6.42 Å². The van der Waals surface area contributed by atoms with Gasteiger partial charge in [-0.15, -0.1) is 0 Å². The van der Waals surface area contributed by atoms with Gasteiger partial charge < -0.3 is 22.9 Å². The molecule has 0 amide bonds. The number of nitrogens with two attached hydrogens (primary N) is 4. The first-order valence-corrected chi connectivity index (χ1v) is 7.47. The summed E-state index contributed by atoms with van der Waals surface area (Å²) in [6, 6.07) is 0. The van der Waals surface area contributed by atoms with Crippen LogP contribution in [0.5, 0.6) is 0 Å². The maximum atomic E-state index is 6.43. The van der Waals surface area contributed by atoms with E-state index in [1.807, 2.05) is 19.1 Å². The van der Waals surface area contributed by atoms with Crippen molar-refractivity contribution in [3.05, 3.63) is 44.8 Å². The second-order valence-corrected chi connectivity index (χ2v) is 6.40. The minimum absolute atomic E-state index is 0.693. The lowest BCUT2D eigenvalue weighted by molar-refractivity contribution is 1.08. The quantitative estimate of drug-likeness (QED) is 0.559. The Morgan fingerprint density at radius 2 is 1.23 bits per heavy atom. The van der Waals surface area contributed by atoms with Crippen LogP contribution in [0.15, 0.2) is 11.4 Å². The summed E-state index contributed by atoms with van der Waals surface area (Å²) < 4.78 is 0. The highest BCUT2D eigenvalue weighted by molar-refractivity contribution is 6.10. The molecule has 4 nitrogen and oxygen atoms in total. The van der Waals surface area contributed by atoms with Crippen molar-refractivity contribution in [3.8, 4) is 0 Å².